The van der Waals surface area contributed by atoms with Gasteiger partial charge in [-0.3, -0.25) is 4.79 Å². The molecule has 0 fully saturated rings. The van der Waals surface area contributed by atoms with Gasteiger partial charge in [0.05, 0.1) is 0 Å². The van der Waals surface area contributed by atoms with Crippen LogP contribution >= 0.6 is 11.6 Å². The van der Waals surface area contributed by atoms with Crippen LogP contribution in [0, 0.1) is 6.92 Å². The van der Waals surface area contributed by atoms with Gasteiger partial charge in [-0.2, -0.15) is 0 Å². The van der Waals surface area contributed by atoms with Gasteiger partial charge in [0.25, 0.3) is 0 Å². The molecule has 0 spiro atoms. The van der Waals surface area contributed by atoms with Gasteiger partial charge in [0.2, 0.25) is 0 Å². The fourth-order valence-electron chi connectivity index (χ4n) is 1.52. The van der Waals surface area contributed by atoms with Crippen LogP contribution in [0.2, 0.25) is 5.02 Å². The monoisotopic (exact) mass is 269 g/mol. The molecular weight excluding hydrogens is 250 g/mol. The van der Waals surface area contributed by atoms with E-state index in [-0.39, 0.29) is 0 Å². The Balaban J connectivity index is 2.69. The molecule has 0 heterocycles. The number of rotatable bonds is 3. The zero-order valence-corrected chi connectivity index (χ0v) is 12.0. The van der Waals surface area contributed by atoms with E-state index in [4.69, 9.17) is 22.1 Å². The van der Waals surface area contributed by atoms with Gasteiger partial charge < -0.3 is 10.5 Å². The van der Waals surface area contributed by atoms with Gasteiger partial charge in [0.1, 0.15) is 11.6 Å². The van der Waals surface area contributed by atoms with E-state index in [9.17, 15) is 4.79 Å². The van der Waals surface area contributed by atoms with Crippen molar-refractivity contribution in [1.29, 1.82) is 0 Å². The van der Waals surface area contributed by atoms with Gasteiger partial charge in [-0.25, -0.2) is 0 Å². The van der Waals surface area contributed by atoms with Crippen LogP contribution in [0.1, 0.15) is 31.9 Å². The summed E-state index contributed by atoms with van der Waals surface area (Å²) in [6.45, 7) is 7.41. The van der Waals surface area contributed by atoms with Gasteiger partial charge in [-0.1, -0.05) is 23.7 Å². The molecule has 0 saturated carbocycles. The Hall–Kier alpha value is -1.06. The second-order valence-corrected chi connectivity index (χ2v) is 5.85. The standard InChI is InChI=1S/C14H20ClNO2/c1-9-5-6-10(11(15)7-9)8-12(16)13(17)18-14(2,3)4/h5-7,12H,8,16H2,1-4H3. The van der Waals surface area contributed by atoms with E-state index in [1.807, 2.05) is 45.9 Å². The minimum atomic E-state index is -0.690. The van der Waals surface area contributed by atoms with Gasteiger partial charge in [-0.15, -0.1) is 0 Å². The minimum absolute atomic E-state index is 0.383. The van der Waals surface area contributed by atoms with Crippen molar-refractivity contribution >= 4 is 17.6 Å². The first-order chi connectivity index (χ1) is 8.19. The average Bonchev–Trinajstić information content (AvgIpc) is 2.19. The SMILES string of the molecule is Cc1ccc(CC(N)C(=O)OC(C)(C)C)c(Cl)c1. The lowest BCUT2D eigenvalue weighted by Crippen LogP contribution is -2.38. The van der Waals surface area contributed by atoms with Crippen LogP contribution < -0.4 is 5.73 Å². The van der Waals surface area contributed by atoms with E-state index in [1.54, 1.807) is 0 Å². The number of carbonyl (C=O) groups excluding carboxylic acids is 1. The van der Waals surface area contributed by atoms with E-state index < -0.39 is 17.6 Å². The quantitative estimate of drug-likeness (QED) is 0.859. The van der Waals surface area contributed by atoms with Gasteiger partial charge in [-0.05, 0) is 51.3 Å². The van der Waals surface area contributed by atoms with E-state index in [1.165, 1.54) is 0 Å². The largest absolute Gasteiger partial charge is 0.459 e. The van der Waals surface area contributed by atoms with Gasteiger partial charge in [0, 0.05) is 5.02 Å². The number of nitrogens with two attached hydrogens (primary N) is 1. The highest BCUT2D eigenvalue weighted by Gasteiger charge is 2.22. The molecule has 1 atom stereocenters. The number of benzene rings is 1. The molecule has 0 saturated heterocycles. The molecule has 2 N–H and O–H groups in total. The van der Waals surface area contributed by atoms with Gasteiger partial charge >= 0.3 is 5.97 Å². The maximum Gasteiger partial charge on any atom is 0.323 e. The normalized spacial score (nSPS) is 13.2. The number of esters is 1. The number of hydrogen-bond donors (Lipinski definition) is 1. The van der Waals surface area contributed by atoms with Crippen LogP contribution in [0.3, 0.4) is 0 Å². The van der Waals surface area contributed by atoms with E-state index in [0.717, 1.165) is 11.1 Å². The lowest BCUT2D eigenvalue weighted by atomic mass is 10.0. The maximum atomic E-state index is 11.8. The molecule has 3 nitrogen and oxygen atoms in total. The number of hydrogen-bond acceptors (Lipinski definition) is 3. The third kappa shape index (κ3) is 4.67. The molecule has 1 aromatic rings. The summed E-state index contributed by atoms with van der Waals surface area (Å²) in [6.07, 6.45) is 0.383. The highest BCUT2D eigenvalue weighted by atomic mass is 35.5. The number of halogens is 1. The predicted octanol–water partition coefficient (Wildman–Crippen LogP) is 2.86. The molecule has 0 amide bonds. The molecule has 1 unspecified atom stereocenters. The Bertz CT molecular complexity index is 438. The number of aryl methyl sites for hydroxylation is 1. The first-order valence-corrected chi connectivity index (χ1v) is 6.30. The second kappa shape index (κ2) is 5.72. The molecule has 1 rings (SSSR count). The van der Waals surface area contributed by atoms with E-state index in [2.05, 4.69) is 0 Å². The lowest BCUT2D eigenvalue weighted by molar-refractivity contribution is -0.156. The molecule has 100 valence electrons. The van der Waals surface area contributed by atoms with Crippen LogP contribution in [0.4, 0.5) is 0 Å². The zero-order chi connectivity index (χ0) is 13.9. The Labute approximate surface area is 113 Å². The Kier molecular flexibility index (Phi) is 4.77. The molecule has 18 heavy (non-hydrogen) atoms. The molecule has 0 aliphatic carbocycles. The third-order valence-corrected chi connectivity index (χ3v) is 2.71. The molecule has 0 aliphatic rings. The van der Waals surface area contributed by atoms with Crippen LogP contribution in [0.25, 0.3) is 0 Å². The summed E-state index contributed by atoms with van der Waals surface area (Å²) in [5, 5.41) is 0.633. The number of carbonyl (C=O) groups is 1. The molecule has 0 bridgehead atoms. The molecular formula is C14H20ClNO2. The molecule has 0 radical (unpaired) electrons. The summed E-state index contributed by atoms with van der Waals surface area (Å²) in [4.78, 5) is 11.8. The van der Waals surface area contributed by atoms with Crippen LogP contribution in [-0.4, -0.2) is 17.6 Å². The Morgan fingerprint density at radius 3 is 2.56 bits per heavy atom. The molecule has 1 aromatic carbocycles. The van der Waals surface area contributed by atoms with Crippen LogP contribution in [0.15, 0.2) is 18.2 Å². The first-order valence-electron chi connectivity index (χ1n) is 5.92. The fraction of sp³-hybridized carbons (Fsp3) is 0.500. The van der Waals surface area contributed by atoms with Crippen molar-refractivity contribution in [3.05, 3.63) is 34.3 Å². The van der Waals surface area contributed by atoms with Crippen molar-refractivity contribution in [3.8, 4) is 0 Å². The van der Waals surface area contributed by atoms with Crippen molar-refractivity contribution in [2.24, 2.45) is 5.73 Å². The summed E-state index contributed by atoms with van der Waals surface area (Å²) in [7, 11) is 0. The second-order valence-electron chi connectivity index (χ2n) is 5.44. The maximum absolute atomic E-state index is 11.8. The fourth-order valence-corrected chi connectivity index (χ4v) is 1.83. The minimum Gasteiger partial charge on any atom is -0.459 e. The summed E-state index contributed by atoms with van der Waals surface area (Å²) in [5.41, 5.74) is 7.25. The lowest BCUT2D eigenvalue weighted by Gasteiger charge is -2.22. The molecule has 0 aromatic heterocycles. The van der Waals surface area contributed by atoms with Crippen molar-refractivity contribution in [2.45, 2.75) is 45.8 Å². The third-order valence-electron chi connectivity index (χ3n) is 2.36. The first kappa shape index (κ1) is 15.0. The van der Waals surface area contributed by atoms with E-state index in [0.29, 0.717) is 11.4 Å². The van der Waals surface area contributed by atoms with Crippen molar-refractivity contribution in [1.82, 2.24) is 0 Å². The topological polar surface area (TPSA) is 52.3 Å². The molecule has 0 aliphatic heterocycles. The highest BCUT2D eigenvalue weighted by Crippen LogP contribution is 2.19. The number of ether oxygens (including phenoxy) is 1. The van der Waals surface area contributed by atoms with Crippen molar-refractivity contribution in [3.63, 3.8) is 0 Å². The predicted molar refractivity (Wildman–Crippen MR) is 73.7 cm³/mol. The summed E-state index contributed by atoms with van der Waals surface area (Å²) in [6, 6.07) is 5.01. The Morgan fingerprint density at radius 2 is 2.06 bits per heavy atom. The summed E-state index contributed by atoms with van der Waals surface area (Å²) < 4.78 is 5.23. The van der Waals surface area contributed by atoms with Gasteiger partial charge in [0.15, 0.2) is 0 Å². The van der Waals surface area contributed by atoms with Crippen molar-refractivity contribution < 1.29 is 9.53 Å². The Morgan fingerprint density at radius 1 is 1.44 bits per heavy atom. The smallest absolute Gasteiger partial charge is 0.323 e. The van der Waals surface area contributed by atoms with Crippen molar-refractivity contribution in [2.75, 3.05) is 0 Å². The highest BCUT2D eigenvalue weighted by molar-refractivity contribution is 6.31. The van der Waals surface area contributed by atoms with E-state index >= 15 is 0 Å². The van der Waals surface area contributed by atoms with Crippen LogP contribution in [-0.2, 0) is 16.0 Å². The average molecular weight is 270 g/mol. The summed E-state index contributed by atoms with van der Waals surface area (Å²) >= 11 is 6.10. The molecule has 4 heteroatoms. The van der Waals surface area contributed by atoms with Crippen LogP contribution in [0.5, 0.6) is 0 Å². The zero-order valence-electron chi connectivity index (χ0n) is 11.3. The summed E-state index contributed by atoms with van der Waals surface area (Å²) in [5.74, 6) is -0.404.